The molecule has 0 bridgehead atoms. The van der Waals surface area contributed by atoms with Crippen LogP contribution in [0.3, 0.4) is 0 Å². The van der Waals surface area contributed by atoms with Crippen molar-refractivity contribution in [1.82, 2.24) is 0 Å². The van der Waals surface area contributed by atoms with Crippen LogP contribution < -0.4 is 10.5 Å². The molecule has 110 valence electrons. The molecule has 0 atom stereocenters. The summed E-state index contributed by atoms with van der Waals surface area (Å²) in [5.74, 6) is -1.64. The Kier molecular flexibility index (Phi) is 3.72. The van der Waals surface area contributed by atoms with E-state index in [4.69, 9.17) is 10.8 Å². The number of benzene rings is 2. The van der Waals surface area contributed by atoms with Crippen LogP contribution in [0.2, 0.25) is 0 Å². The number of phenols is 1. The van der Waals surface area contributed by atoms with E-state index in [0.717, 1.165) is 0 Å². The van der Waals surface area contributed by atoms with Gasteiger partial charge in [-0.1, -0.05) is 18.2 Å². The molecule has 2 rings (SSSR count). The lowest BCUT2D eigenvalue weighted by atomic mass is 10.2. The number of nitrogens with one attached hydrogen (secondary N) is 1. The molecule has 0 aromatic heterocycles. The molecule has 0 fully saturated rings. The van der Waals surface area contributed by atoms with E-state index >= 15 is 0 Å². The van der Waals surface area contributed by atoms with Crippen LogP contribution in [-0.4, -0.2) is 24.6 Å². The van der Waals surface area contributed by atoms with Crippen molar-refractivity contribution in [3.05, 3.63) is 48.0 Å². The lowest BCUT2D eigenvalue weighted by Crippen LogP contribution is -2.17. The van der Waals surface area contributed by atoms with Gasteiger partial charge < -0.3 is 15.9 Å². The number of carboxylic acids is 1. The highest BCUT2D eigenvalue weighted by Gasteiger charge is 2.21. The summed E-state index contributed by atoms with van der Waals surface area (Å²) in [6, 6.07) is 9.34. The van der Waals surface area contributed by atoms with Crippen LogP contribution >= 0.6 is 0 Å². The minimum atomic E-state index is -4.12. The second-order valence-electron chi connectivity index (χ2n) is 4.15. The van der Waals surface area contributed by atoms with Gasteiger partial charge in [0, 0.05) is 0 Å². The highest BCUT2D eigenvalue weighted by Crippen LogP contribution is 2.29. The van der Waals surface area contributed by atoms with Crippen molar-refractivity contribution in [3.8, 4) is 5.75 Å². The zero-order valence-corrected chi connectivity index (χ0v) is 11.5. The third-order valence-corrected chi connectivity index (χ3v) is 4.16. The summed E-state index contributed by atoms with van der Waals surface area (Å²) < 4.78 is 26.7. The summed E-state index contributed by atoms with van der Waals surface area (Å²) >= 11 is 0. The zero-order valence-electron chi connectivity index (χ0n) is 10.6. The number of para-hydroxylation sites is 2. The normalized spacial score (nSPS) is 11.0. The van der Waals surface area contributed by atoms with Gasteiger partial charge in [0.1, 0.15) is 10.6 Å². The van der Waals surface area contributed by atoms with Crippen LogP contribution in [0.15, 0.2) is 47.4 Å². The van der Waals surface area contributed by atoms with Crippen LogP contribution in [0, 0.1) is 0 Å². The van der Waals surface area contributed by atoms with Gasteiger partial charge >= 0.3 is 5.97 Å². The molecule has 0 saturated carbocycles. The van der Waals surface area contributed by atoms with Crippen molar-refractivity contribution >= 4 is 27.4 Å². The molecule has 0 amide bonds. The Bertz CT molecular complexity index is 802. The molecule has 0 aliphatic heterocycles. The molecule has 2 aromatic carbocycles. The summed E-state index contributed by atoms with van der Waals surface area (Å²) in [6.07, 6.45) is 0. The average molecular weight is 308 g/mol. The molecule has 0 aliphatic rings. The summed E-state index contributed by atoms with van der Waals surface area (Å²) in [7, 11) is -4.12. The van der Waals surface area contributed by atoms with Gasteiger partial charge in [0.15, 0.2) is 0 Å². The first-order valence-electron chi connectivity index (χ1n) is 5.75. The fraction of sp³-hybridized carbons (Fsp3) is 0. The average Bonchev–Trinajstić information content (AvgIpc) is 2.41. The number of carbonyl (C=O) groups is 1. The largest absolute Gasteiger partial charge is 0.506 e. The maximum Gasteiger partial charge on any atom is 0.337 e. The second-order valence-corrected chi connectivity index (χ2v) is 5.80. The fourth-order valence-corrected chi connectivity index (χ4v) is 2.95. The van der Waals surface area contributed by atoms with E-state index in [-0.39, 0.29) is 27.6 Å². The van der Waals surface area contributed by atoms with E-state index in [1.54, 1.807) is 0 Å². The van der Waals surface area contributed by atoms with E-state index in [9.17, 15) is 18.3 Å². The number of nitrogen functional groups attached to an aromatic ring is 1. The topological polar surface area (TPSA) is 130 Å². The number of hydrogen-bond donors (Lipinski definition) is 4. The third-order valence-electron chi connectivity index (χ3n) is 2.73. The van der Waals surface area contributed by atoms with Crippen LogP contribution in [0.5, 0.6) is 5.75 Å². The van der Waals surface area contributed by atoms with Crippen molar-refractivity contribution in [2.75, 3.05) is 10.5 Å². The van der Waals surface area contributed by atoms with Crippen molar-refractivity contribution in [2.24, 2.45) is 0 Å². The fourth-order valence-electron chi connectivity index (χ4n) is 1.73. The van der Waals surface area contributed by atoms with E-state index in [2.05, 4.69) is 4.72 Å². The number of carboxylic acid groups (broad SMARTS) is 1. The van der Waals surface area contributed by atoms with Gasteiger partial charge in [-0.2, -0.15) is 0 Å². The standard InChI is InChI=1S/C13H12N2O5S/c14-12-10(16)6-3-7-11(12)21(19,20)15-9-5-2-1-4-8(9)13(17)18/h1-7,15-16H,14H2,(H,17,18). The number of rotatable bonds is 4. The first-order chi connectivity index (χ1) is 9.83. The predicted octanol–water partition coefficient (Wildman–Crippen LogP) is 1.47. The summed E-state index contributed by atoms with van der Waals surface area (Å²) in [4.78, 5) is 10.7. The highest BCUT2D eigenvalue weighted by molar-refractivity contribution is 7.92. The maximum atomic E-state index is 12.3. The third kappa shape index (κ3) is 2.90. The molecule has 7 nitrogen and oxygen atoms in total. The first kappa shape index (κ1) is 14.7. The number of anilines is 2. The van der Waals surface area contributed by atoms with Gasteiger partial charge in [0.2, 0.25) is 0 Å². The van der Waals surface area contributed by atoms with Crippen molar-refractivity contribution < 1.29 is 23.4 Å². The van der Waals surface area contributed by atoms with Crippen molar-refractivity contribution in [2.45, 2.75) is 4.90 Å². The Labute approximate surface area is 120 Å². The lowest BCUT2D eigenvalue weighted by Gasteiger charge is -2.12. The Morgan fingerprint density at radius 1 is 1.10 bits per heavy atom. The van der Waals surface area contributed by atoms with Gasteiger partial charge in [0.05, 0.1) is 16.9 Å². The first-order valence-corrected chi connectivity index (χ1v) is 7.24. The lowest BCUT2D eigenvalue weighted by molar-refractivity contribution is 0.0698. The molecule has 21 heavy (non-hydrogen) atoms. The quantitative estimate of drug-likeness (QED) is 0.500. The molecule has 8 heteroatoms. The number of nitrogens with two attached hydrogens (primary N) is 1. The molecule has 0 aliphatic carbocycles. The molecule has 0 radical (unpaired) electrons. The SMILES string of the molecule is Nc1c(O)cccc1S(=O)(=O)Nc1ccccc1C(=O)O. The number of phenolic OH excluding ortho intramolecular Hbond substituents is 1. The zero-order chi connectivity index (χ0) is 15.6. The van der Waals surface area contributed by atoms with Crippen molar-refractivity contribution in [1.29, 1.82) is 0 Å². The van der Waals surface area contributed by atoms with Crippen LogP contribution in [0.25, 0.3) is 0 Å². The summed E-state index contributed by atoms with van der Waals surface area (Å²) in [5, 5.41) is 18.5. The number of aromatic carboxylic acids is 1. The minimum absolute atomic E-state index is 0.0901. The molecule has 2 aromatic rings. The monoisotopic (exact) mass is 308 g/mol. The van der Waals surface area contributed by atoms with Gasteiger partial charge in [-0.05, 0) is 24.3 Å². The van der Waals surface area contributed by atoms with Crippen LogP contribution in [-0.2, 0) is 10.0 Å². The molecule has 0 saturated heterocycles. The smallest absolute Gasteiger partial charge is 0.337 e. The van der Waals surface area contributed by atoms with Crippen LogP contribution in [0.4, 0.5) is 11.4 Å². The summed E-state index contributed by atoms with van der Waals surface area (Å²) in [5.41, 5.74) is 4.94. The molecular formula is C13H12N2O5S. The number of aromatic hydroxyl groups is 1. The van der Waals surface area contributed by atoms with Gasteiger partial charge in [-0.3, -0.25) is 4.72 Å². The Hall–Kier alpha value is -2.74. The van der Waals surface area contributed by atoms with E-state index in [1.165, 1.54) is 42.5 Å². The molecule has 0 heterocycles. The Morgan fingerprint density at radius 2 is 1.76 bits per heavy atom. The number of sulfonamides is 1. The summed E-state index contributed by atoms with van der Waals surface area (Å²) in [6.45, 7) is 0. The van der Waals surface area contributed by atoms with E-state index < -0.39 is 16.0 Å². The van der Waals surface area contributed by atoms with Crippen molar-refractivity contribution in [3.63, 3.8) is 0 Å². The molecule has 0 spiro atoms. The second kappa shape index (κ2) is 5.33. The number of hydrogen-bond acceptors (Lipinski definition) is 5. The van der Waals surface area contributed by atoms with E-state index in [0.29, 0.717) is 0 Å². The van der Waals surface area contributed by atoms with Gasteiger partial charge in [-0.25, -0.2) is 13.2 Å². The predicted molar refractivity (Wildman–Crippen MR) is 76.7 cm³/mol. The maximum absolute atomic E-state index is 12.3. The van der Waals surface area contributed by atoms with Crippen LogP contribution in [0.1, 0.15) is 10.4 Å². The minimum Gasteiger partial charge on any atom is -0.506 e. The molecule has 0 unspecified atom stereocenters. The molecule has 5 N–H and O–H groups in total. The molecular weight excluding hydrogens is 296 g/mol. The van der Waals surface area contributed by atoms with E-state index in [1.807, 2.05) is 0 Å². The Morgan fingerprint density at radius 3 is 2.43 bits per heavy atom. The van der Waals surface area contributed by atoms with Gasteiger partial charge in [0.25, 0.3) is 10.0 Å². The highest BCUT2D eigenvalue weighted by atomic mass is 32.2. The Balaban J connectivity index is 2.48. The van der Waals surface area contributed by atoms with Gasteiger partial charge in [-0.15, -0.1) is 0 Å².